The molecule has 1 saturated heterocycles. The number of carbonyl (C=O) groups is 1. The second-order valence-electron chi connectivity index (χ2n) is 7.71. The van der Waals surface area contributed by atoms with Crippen molar-refractivity contribution in [3.8, 4) is 11.5 Å². The van der Waals surface area contributed by atoms with E-state index in [2.05, 4.69) is 5.32 Å². The molecule has 1 N–H and O–H groups in total. The SMILES string of the molecule is COc1ccc(OC)c(NC(=O)C(C)N2CCN(c3ccc(C(F)(F)F)cc3[N+](=O)[O-])CC2)c1. The van der Waals surface area contributed by atoms with Crippen molar-refractivity contribution in [3.05, 3.63) is 52.1 Å². The molecule has 1 heterocycles. The zero-order valence-electron chi connectivity index (χ0n) is 18.9. The number of amides is 1. The topological polar surface area (TPSA) is 97.2 Å². The Kier molecular flexibility index (Phi) is 7.50. The number of nitrogens with one attached hydrogen (secondary N) is 1. The second-order valence-corrected chi connectivity index (χ2v) is 7.71. The summed E-state index contributed by atoms with van der Waals surface area (Å²) < 4.78 is 49.4. The minimum Gasteiger partial charge on any atom is -0.497 e. The van der Waals surface area contributed by atoms with E-state index in [9.17, 15) is 28.1 Å². The zero-order chi connectivity index (χ0) is 25.0. The summed E-state index contributed by atoms with van der Waals surface area (Å²) in [6, 6.07) is 7.02. The molecule has 1 unspecified atom stereocenters. The van der Waals surface area contributed by atoms with Gasteiger partial charge in [0, 0.05) is 38.3 Å². The number of nitro benzene ring substituents is 1. The van der Waals surface area contributed by atoms with Gasteiger partial charge < -0.3 is 19.7 Å². The summed E-state index contributed by atoms with van der Waals surface area (Å²) in [6.45, 7) is 3.14. The Labute approximate surface area is 194 Å². The summed E-state index contributed by atoms with van der Waals surface area (Å²) in [5, 5.41) is 14.2. The van der Waals surface area contributed by atoms with Crippen LogP contribution in [0.15, 0.2) is 36.4 Å². The largest absolute Gasteiger partial charge is 0.497 e. The Balaban J connectivity index is 1.68. The quantitative estimate of drug-likeness (QED) is 0.474. The number of nitro groups is 1. The zero-order valence-corrected chi connectivity index (χ0v) is 18.9. The third kappa shape index (κ3) is 5.50. The van der Waals surface area contributed by atoms with Gasteiger partial charge >= 0.3 is 6.18 Å². The maximum Gasteiger partial charge on any atom is 0.416 e. The third-order valence-corrected chi connectivity index (χ3v) is 5.75. The molecule has 3 rings (SSSR count). The molecule has 2 aromatic rings. The van der Waals surface area contributed by atoms with Crippen molar-refractivity contribution in [2.45, 2.75) is 19.1 Å². The number of anilines is 2. The highest BCUT2D eigenvalue weighted by Gasteiger charge is 2.35. The fourth-order valence-electron chi connectivity index (χ4n) is 3.78. The number of alkyl halides is 3. The van der Waals surface area contributed by atoms with Gasteiger partial charge in [0.2, 0.25) is 5.91 Å². The van der Waals surface area contributed by atoms with E-state index in [4.69, 9.17) is 9.47 Å². The standard InChI is InChI=1S/C22H25F3N4O5/c1-14(21(30)26-17-13-16(33-2)5-7-20(17)34-3)27-8-10-28(11-9-27)18-6-4-15(22(23,24)25)12-19(18)29(31)32/h4-7,12-14H,8-11H2,1-3H3,(H,26,30). The molecular weight excluding hydrogens is 457 g/mol. The van der Waals surface area contributed by atoms with Crippen molar-refractivity contribution in [1.82, 2.24) is 4.90 Å². The van der Waals surface area contributed by atoms with Gasteiger partial charge in [0.25, 0.3) is 5.69 Å². The van der Waals surface area contributed by atoms with E-state index in [1.54, 1.807) is 30.0 Å². The highest BCUT2D eigenvalue weighted by atomic mass is 19.4. The number of hydrogen-bond acceptors (Lipinski definition) is 7. The molecule has 1 atom stereocenters. The van der Waals surface area contributed by atoms with Gasteiger partial charge in [-0.1, -0.05) is 0 Å². The highest BCUT2D eigenvalue weighted by molar-refractivity contribution is 5.96. The minimum atomic E-state index is -4.67. The van der Waals surface area contributed by atoms with Crippen molar-refractivity contribution in [2.75, 3.05) is 50.6 Å². The number of hydrogen-bond donors (Lipinski definition) is 1. The van der Waals surface area contributed by atoms with Gasteiger partial charge in [-0.05, 0) is 31.2 Å². The van der Waals surface area contributed by atoms with Crippen LogP contribution in [0.1, 0.15) is 12.5 Å². The summed E-state index contributed by atoms with van der Waals surface area (Å²) in [6.07, 6.45) is -4.67. The van der Waals surface area contributed by atoms with E-state index in [1.165, 1.54) is 14.2 Å². The van der Waals surface area contributed by atoms with Gasteiger partial charge in [0.1, 0.15) is 17.2 Å². The van der Waals surface area contributed by atoms with Crippen molar-refractivity contribution in [3.63, 3.8) is 0 Å². The fraction of sp³-hybridized carbons (Fsp3) is 0.409. The Hall–Kier alpha value is -3.54. The molecule has 1 amide bonds. The minimum absolute atomic E-state index is 0.121. The lowest BCUT2D eigenvalue weighted by atomic mass is 10.1. The molecular formula is C22H25F3N4O5. The monoisotopic (exact) mass is 482 g/mol. The van der Waals surface area contributed by atoms with E-state index in [0.717, 1.165) is 12.1 Å². The van der Waals surface area contributed by atoms with Crippen LogP contribution < -0.4 is 19.7 Å². The smallest absolute Gasteiger partial charge is 0.416 e. The summed E-state index contributed by atoms with van der Waals surface area (Å²) >= 11 is 0. The van der Waals surface area contributed by atoms with E-state index in [0.29, 0.717) is 49.4 Å². The lowest BCUT2D eigenvalue weighted by molar-refractivity contribution is -0.384. The van der Waals surface area contributed by atoms with Gasteiger partial charge in [0.05, 0.1) is 36.4 Å². The maximum atomic E-state index is 13.0. The first kappa shape index (κ1) is 25.1. The van der Waals surface area contributed by atoms with E-state index in [1.807, 2.05) is 4.90 Å². The molecule has 0 aliphatic carbocycles. The van der Waals surface area contributed by atoms with Crippen LogP contribution in [0.5, 0.6) is 11.5 Å². The Morgan fingerprint density at radius 3 is 2.32 bits per heavy atom. The predicted molar refractivity (Wildman–Crippen MR) is 120 cm³/mol. The first-order valence-electron chi connectivity index (χ1n) is 10.4. The number of benzene rings is 2. The normalized spacial score (nSPS) is 15.5. The maximum absolute atomic E-state index is 13.0. The molecule has 12 heteroatoms. The molecule has 184 valence electrons. The predicted octanol–water partition coefficient (Wildman–Crippen LogP) is 3.78. The number of ether oxygens (including phenoxy) is 2. The van der Waals surface area contributed by atoms with Crippen molar-refractivity contribution in [1.29, 1.82) is 0 Å². The fourth-order valence-corrected chi connectivity index (χ4v) is 3.78. The first-order chi connectivity index (χ1) is 16.0. The van der Waals surface area contributed by atoms with Crippen LogP contribution in [-0.2, 0) is 11.0 Å². The summed E-state index contributed by atoms with van der Waals surface area (Å²) in [5.41, 5.74) is -1.09. The summed E-state index contributed by atoms with van der Waals surface area (Å²) in [5.74, 6) is 0.747. The van der Waals surface area contributed by atoms with Crippen LogP contribution in [-0.4, -0.2) is 62.2 Å². The molecule has 9 nitrogen and oxygen atoms in total. The number of rotatable bonds is 7. The van der Waals surface area contributed by atoms with Gasteiger partial charge in [-0.15, -0.1) is 0 Å². The number of halogens is 3. The van der Waals surface area contributed by atoms with Crippen LogP contribution in [0.2, 0.25) is 0 Å². The Bertz CT molecular complexity index is 1060. The van der Waals surface area contributed by atoms with Crippen molar-refractivity contribution in [2.24, 2.45) is 0 Å². The molecule has 0 aromatic heterocycles. The molecule has 0 radical (unpaired) electrons. The average molecular weight is 482 g/mol. The highest BCUT2D eigenvalue weighted by Crippen LogP contribution is 2.37. The number of methoxy groups -OCH3 is 2. The number of nitrogens with zero attached hydrogens (tertiary/aromatic N) is 3. The number of carbonyl (C=O) groups excluding carboxylic acids is 1. The lowest BCUT2D eigenvalue weighted by Crippen LogP contribution is -2.53. The Morgan fingerprint density at radius 1 is 1.09 bits per heavy atom. The van der Waals surface area contributed by atoms with Gasteiger partial charge in [-0.25, -0.2) is 0 Å². The summed E-state index contributed by atoms with van der Waals surface area (Å²) in [4.78, 5) is 27.0. The molecule has 1 aliphatic heterocycles. The van der Waals surface area contributed by atoms with Crippen LogP contribution in [0.25, 0.3) is 0 Å². The first-order valence-corrected chi connectivity index (χ1v) is 10.4. The third-order valence-electron chi connectivity index (χ3n) is 5.75. The molecule has 1 fully saturated rings. The van der Waals surface area contributed by atoms with Crippen LogP contribution in [0.3, 0.4) is 0 Å². The molecule has 0 spiro atoms. The number of piperazine rings is 1. The molecule has 2 aromatic carbocycles. The van der Waals surface area contributed by atoms with E-state index in [-0.39, 0.29) is 11.6 Å². The van der Waals surface area contributed by atoms with Crippen LogP contribution >= 0.6 is 0 Å². The molecule has 0 saturated carbocycles. The van der Waals surface area contributed by atoms with Gasteiger partial charge in [0.15, 0.2) is 0 Å². The lowest BCUT2D eigenvalue weighted by Gasteiger charge is -2.38. The molecule has 0 bridgehead atoms. The van der Waals surface area contributed by atoms with Crippen LogP contribution in [0.4, 0.5) is 30.2 Å². The van der Waals surface area contributed by atoms with Gasteiger partial charge in [-0.2, -0.15) is 13.2 Å². The average Bonchev–Trinajstić information content (AvgIpc) is 2.82. The Morgan fingerprint density at radius 2 is 1.76 bits per heavy atom. The van der Waals surface area contributed by atoms with Gasteiger partial charge in [-0.3, -0.25) is 19.8 Å². The molecule has 1 aliphatic rings. The molecule has 34 heavy (non-hydrogen) atoms. The second kappa shape index (κ2) is 10.2. The van der Waals surface area contributed by atoms with E-state index >= 15 is 0 Å². The van der Waals surface area contributed by atoms with Crippen molar-refractivity contribution < 1.29 is 32.4 Å². The van der Waals surface area contributed by atoms with Crippen molar-refractivity contribution >= 4 is 23.0 Å². The van der Waals surface area contributed by atoms with E-state index < -0.39 is 28.4 Å². The summed E-state index contributed by atoms with van der Waals surface area (Å²) in [7, 11) is 3.00. The van der Waals surface area contributed by atoms with Crippen LogP contribution in [0, 0.1) is 10.1 Å².